The first kappa shape index (κ1) is 16.2. The van der Waals surface area contributed by atoms with Gasteiger partial charge < -0.3 is 24.9 Å². The zero-order chi connectivity index (χ0) is 16.8. The van der Waals surface area contributed by atoms with Crippen molar-refractivity contribution in [2.45, 2.75) is 31.0 Å². The Labute approximate surface area is 134 Å². The van der Waals surface area contributed by atoms with Crippen molar-refractivity contribution in [1.82, 2.24) is 19.5 Å². The fourth-order valence-electron chi connectivity index (χ4n) is 2.80. The number of H-pyrrole nitrogens is 1. The van der Waals surface area contributed by atoms with Crippen molar-refractivity contribution in [2.75, 3.05) is 18.6 Å². The zero-order valence-electron chi connectivity index (χ0n) is 12.5. The van der Waals surface area contributed by atoms with Gasteiger partial charge >= 0.3 is 0 Å². The first-order valence-corrected chi connectivity index (χ1v) is 7.97. The molecule has 2 aromatic rings. The Morgan fingerprint density at radius 2 is 2.39 bits per heavy atom. The molecule has 11 heteroatoms. The first-order chi connectivity index (χ1) is 10.9. The lowest BCUT2D eigenvalue weighted by molar-refractivity contribution is -0.124. The largest absolute Gasteiger partial charge is 0.394 e. The van der Waals surface area contributed by atoms with Gasteiger partial charge in [-0.3, -0.25) is 14.3 Å². The maximum absolute atomic E-state index is 11.9. The molecule has 0 saturated carbocycles. The quantitative estimate of drug-likeness (QED) is 0.502. The lowest BCUT2D eigenvalue weighted by Crippen LogP contribution is -2.44. The molecule has 1 fully saturated rings. The zero-order valence-corrected chi connectivity index (χ0v) is 13.3. The standard InChI is InChI=1S/C12H17N5O5S/c1-12(8(22-23-2)7(19)5(3-18)21-12)17-4-14-6-9(17)15-11(13)16-10(6)20/h4-5,7-8,18-19H,3H2,1-2H3,(H3,13,15,16,20)/t5-,7-,8-,12-/m1/s1. The maximum Gasteiger partial charge on any atom is 0.280 e. The van der Waals surface area contributed by atoms with E-state index in [1.54, 1.807) is 13.2 Å². The van der Waals surface area contributed by atoms with E-state index in [0.717, 1.165) is 12.0 Å². The van der Waals surface area contributed by atoms with Gasteiger partial charge in [0, 0.05) is 6.26 Å². The van der Waals surface area contributed by atoms with Gasteiger partial charge in [0.25, 0.3) is 5.56 Å². The normalized spacial score (nSPS) is 31.0. The molecule has 4 atom stereocenters. The number of fused-ring (bicyclic) bond motifs is 1. The second-order valence-corrected chi connectivity index (χ2v) is 5.83. The maximum atomic E-state index is 11.9. The highest BCUT2D eigenvalue weighted by Crippen LogP contribution is 2.39. The summed E-state index contributed by atoms with van der Waals surface area (Å²) in [5, 5.41) is 19.7. The van der Waals surface area contributed by atoms with Crippen molar-refractivity contribution in [3.63, 3.8) is 0 Å². The number of nitrogens with two attached hydrogens (primary N) is 1. The summed E-state index contributed by atoms with van der Waals surface area (Å²) in [6.45, 7) is 1.28. The molecule has 0 amide bonds. The predicted molar refractivity (Wildman–Crippen MR) is 82.6 cm³/mol. The molecule has 2 aromatic heterocycles. The number of ether oxygens (including phenoxy) is 1. The molecule has 3 rings (SSSR count). The van der Waals surface area contributed by atoms with Crippen LogP contribution in [0.25, 0.3) is 11.2 Å². The highest BCUT2D eigenvalue weighted by molar-refractivity contribution is 7.93. The van der Waals surface area contributed by atoms with Gasteiger partial charge in [-0.2, -0.15) is 4.98 Å². The SMILES string of the molecule is CSO[C@@H]1[C@H](O)[C@@H](CO)O[C@@]1(C)n1cnc2c(=O)[nH]c(N)nc21. The van der Waals surface area contributed by atoms with Crippen molar-refractivity contribution < 1.29 is 19.1 Å². The van der Waals surface area contributed by atoms with Crippen LogP contribution in [-0.2, 0) is 14.6 Å². The number of aromatic nitrogens is 4. The molecule has 1 aliphatic rings. The van der Waals surface area contributed by atoms with E-state index in [1.807, 2.05) is 0 Å². The van der Waals surface area contributed by atoms with E-state index in [1.165, 1.54) is 10.9 Å². The molecule has 0 bridgehead atoms. The topological polar surface area (TPSA) is 149 Å². The Balaban J connectivity index is 2.17. The second-order valence-electron chi connectivity index (χ2n) is 5.31. The molecule has 126 valence electrons. The number of nitrogens with zero attached hydrogens (tertiary/aromatic N) is 3. The molecular formula is C12H17N5O5S. The Morgan fingerprint density at radius 1 is 1.65 bits per heavy atom. The number of aliphatic hydroxyl groups is 2. The lowest BCUT2D eigenvalue weighted by atomic mass is 10.0. The summed E-state index contributed by atoms with van der Waals surface area (Å²) in [4.78, 5) is 22.4. The summed E-state index contributed by atoms with van der Waals surface area (Å²) in [7, 11) is 0. The number of nitrogen functional groups attached to an aromatic ring is 1. The third-order valence-electron chi connectivity index (χ3n) is 3.89. The van der Waals surface area contributed by atoms with Gasteiger partial charge in [0.05, 0.1) is 12.9 Å². The van der Waals surface area contributed by atoms with Crippen molar-refractivity contribution >= 4 is 29.2 Å². The summed E-state index contributed by atoms with van der Waals surface area (Å²) in [5.41, 5.74) is 4.19. The minimum atomic E-state index is -1.22. The average molecular weight is 343 g/mol. The number of hydrogen-bond donors (Lipinski definition) is 4. The van der Waals surface area contributed by atoms with E-state index >= 15 is 0 Å². The van der Waals surface area contributed by atoms with E-state index in [0.29, 0.717) is 0 Å². The number of imidazole rings is 1. The van der Waals surface area contributed by atoms with Gasteiger partial charge in [-0.15, -0.1) is 0 Å². The lowest BCUT2D eigenvalue weighted by Gasteiger charge is -2.31. The third-order valence-corrected chi connectivity index (χ3v) is 4.29. The molecular weight excluding hydrogens is 326 g/mol. The Kier molecular flexibility index (Phi) is 4.06. The summed E-state index contributed by atoms with van der Waals surface area (Å²) < 4.78 is 12.8. The van der Waals surface area contributed by atoms with Crippen molar-refractivity contribution in [3.8, 4) is 0 Å². The minimum Gasteiger partial charge on any atom is -0.394 e. The summed E-state index contributed by atoms with van der Waals surface area (Å²) >= 11 is 1.06. The number of rotatable bonds is 4. The summed E-state index contributed by atoms with van der Waals surface area (Å²) in [6.07, 6.45) is 0.361. The number of aliphatic hydroxyl groups excluding tert-OH is 2. The molecule has 10 nitrogen and oxygen atoms in total. The summed E-state index contributed by atoms with van der Waals surface area (Å²) in [5.74, 6) is -0.0626. The number of aromatic amines is 1. The minimum absolute atomic E-state index is 0.0626. The van der Waals surface area contributed by atoms with Gasteiger partial charge in [-0.25, -0.2) is 4.98 Å². The highest BCUT2D eigenvalue weighted by atomic mass is 32.2. The molecule has 0 radical (unpaired) electrons. The van der Waals surface area contributed by atoms with E-state index in [4.69, 9.17) is 14.7 Å². The smallest absolute Gasteiger partial charge is 0.280 e. The molecule has 5 N–H and O–H groups in total. The molecule has 1 aliphatic heterocycles. The van der Waals surface area contributed by atoms with Crippen LogP contribution >= 0.6 is 12.0 Å². The molecule has 23 heavy (non-hydrogen) atoms. The Hall–Kier alpha value is -1.66. The van der Waals surface area contributed by atoms with Crippen LogP contribution in [0.5, 0.6) is 0 Å². The first-order valence-electron chi connectivity index (χ1n) is 6.82. The van der Waals surface area contributed by atoms with Crippen LogP contribution < -0.4 is 11.3 Å². The van der Waals surface area contributed by atoms with E-state index in [-0.39, 0.29) is 23.7 Å². The molecule has 3 heterocycles. The number of hydrogen-bond acceptors (Lipinski definition) is 9. The highest BCUT2D eigenvalue weighted by Gasteiger charge is 2.54. The second kappa shape index (κ2) is 5.76. The van der Waals surface area contributed by atoms with Crippen LogP contribution in [0.4, 0.5) is 5.95 Å². The number of nitrogens with one attached hydrogen (secondary N) is 1. The Bertz CT molecular complexity index is 779. The van der Waals surface area contributed by atoms with Gasteiger partial charge in [-0.1, -0.05) is 0 Å². The van der Waals surface area contributed by atoms with Crippen LogP contribution in [0.3, 0.4) is 0 Å². The Morgan fingerprint density at radius 3 is 3.04 bits per heavy atom. The van der Waals surface area contributed by atoms with Crippen molar-refractivity contribution in [1.29, 1.82) is 0 Å². The van der Waals surface area contributed by atoms with Crippen LogP contribution in [0.2, 0.25) is 0 Å². The molecule has 0 aromatic carbocycles. The molecule has 0 aliphatic carbocycles. The van der Waals surface area contributed by atoms with Crippen LogP contribution in [-0.4, -0.2) is 60.9 Å². The van der Waals surface area contributed by atoms with E-state index < -0.39 is 29.6 Å². The average Bonchev–Trinajstić information content (AvgIpc) is 3.03. The van der Waals surface area contributed by atoms with Crippen molar-refractivity contribution in [2.24, 2.45) is 0 Å². The van der Waals surface area contributed by atoms with Crippen LogP contribution in [0.1, 0.15) is 6.92 Å². The predicted octanol–water partition coefficient (Wildman–Crippen LogP) is -1.21. The third kappa shape index (κ3) is 2.40. The molecule has 1 saturated heterocycles. The van der Waals surface area contributed by atoms with E-state index in [2.05, 4.69) is 15.0 Å². The van der Waals surface area contributed by atoms with Crippen LogP contribution in [0.15, 0.2) is 11.1 Å². The van der Waals surface area contributed by atoms with E-state index in [9.17, 15) is 15.0 Å². The van der Waals surface area contributed by atoms with Gasteiger partial charge in [0.15, 0.2) is 16.9 Å². The molecule has 0 unspecified atom stereocenters. The summed E-state index contributed by atoms with van der Waals surface area (Å²) in [6, 6.07) is 0. The number of anilines is 1. The van der Waals surface area contributed by atoms with Crippen molar-refractivity contribution in [3.05, 3.63) is 16.7 Å². The van der Waals surface area contributed by atoms with Gasteiger partial charge in [0.2, 0.25) is 5.95 Å². The fraction of sp³-hybridized carbons (Fsp3) is 0.583. The van der Waals surface area contributed by atoms with Gasteiger partial charge in [0.1, 0.15) is 18.3 Å². The fourth-order valence-corrected chi connectivity index (χ4v) is 3.30. The molecule has 0 spiro atoms. The van der Waals surface area contributed by atoms with Gasteiger partial charge in [-0.05, 0) is 19.0 Å². The monoisotopic (exact) mass is 343 g/mol. The van der Waals surface area contributed by atoms with Crippen LogP contribution in [0, 0.1) is 0 Å².